The van der Waals surface area contributed by atoms with Crippen LogP contribution < -0.4 is 9.80 Å². The first-order valence-corrected chi connectivity index (χ1v) is 13.7. The molecule has 11 nitrogen and oxygen atoms in total. The van der Waals surface area contributed by atoms with Gasteiger partial charge < -0.3 is 14.5 Å². The number of hydrogen-bond donors (Lipinski definition) is 0. The summed E-state index contributed by atoms with van der Waals surface area (Å²) in [6, 6.07) is 7.22. The van der Waals surface area contributed by atoms with Gasteiger partial charge in [-0.2, -0.15) is 18.4 Å². The number of amides is 5. The lowest BCUT2D eigenvalue weighted by atomic mass is 9.75. The van der Waals surface area contributed by atoms with Gasteiger partial charge in [0.1, 0.15) is 17.2 Å². The van der Waals surface area contributed by atoms with E-state index in [2.05, 4.69) is 4.98 Å². The second-order valence-electron chi connectivity index (χ2n) is 11.6. The summed E-state index contributed by atoms with van der Waals surface area (Å²) >= 11 is 0. The first-order valence-electron chi connectivity index (χ1n) is 13.7. The van der Waals surface area contributed by atoms with Gasteiger partial charge in [0.25, 0.3) is 11.8 Å². The van der Waals surface area contributed by atoms with Crippen LogP contribution in [-0.4, -0.2) is 76.0 Å². The SMILES string of the molecule is CC(C)(C)OC(=O)N1CCN(C(=O)c2ccc(N3C(=O)N(c4cnc(C#N)c(C(F)(F)F)c4)C(=O)C34CCC4)cc2)CC1. The van der Waals surface area contributed by atoms with Gasteiger partial charge in [-0.05, 0) is 70.4 Å². The Balaban J connectivity index is 1.34. The molecule has 0 bridgehead atoms. The van der Waals surface area contributed by atoms with Crippen LogP contribution in [0.4, 0.5) is 34.1 Å². The van der Waals surface area contributed by atoms with Crippen molar-refractivity contribution in [3.63, 3.8) is 0 Å². The van der Waals surface area contributed by atoms with Crippen LogP contribution in [0.1, 0.15) is 61.6 Å². The molecule has 3 fully saturated rings. The highest BCUT2D eigenvalue weighted by atomic mass is 19.4. The number of pyridine rings is 1. The maximum absolute atomic E-state index is 13.6. The molecule has 5 rings (SSSR count). The van der Waals surface area contributed by atoms with Crippen LogP contribution in [0.25, 0.3) is 0 Å². The summed E-state index contributed by atoms with van der Waals surface area (Å²) in [5.74, 6) is -0.950. The Kier molecular flexibility index (Phi) is 7.32. The highest BCUT2D eigenvalue weighted by molar-refractivity contribution is 6.30. The summed E-state index contributed by atoms with van der Waals surface area (Å²) in [7, 11) is 0. The molecule has 2 saturated heterocycles. The fourth-order valence-corrected chi connectivity index (χ4v) is 5.44. The highest BCUT2D eigenvalue weighted by Gasteiger charge is 2.61. The monoisotopic (exact) mass is 598 g/mol. The highest BCUT2D eigenvalue weighted by Crippen LogP contribution is 2.48. The standard InChI is InChI=1S/C29H29F3N6O5/c1-27(2,3)43-26(42)36-13-11-35(12-14-36)23(39)18-5-7-19(8-6-18)38-25(41)37(24(40)28(38)9-4-10-28)20-15-21(29(30,31)32)22(16-33)34-17-20/h5-8,15,17H,4,9-14H2,1-3H3. The molecule has 0 unspecified atom stereocenters. The van der Waals surface area contributed by atoms with Crippen LogP contribution in [0.2, 0.25) is 0 Å². The van der Waals surface area contributed by atoms with Crippen molar-refractivity contribution in [3.8, 4) is 6.07 Å². The van der Waals surface area contributed by atoms with Gasteiger partial charge in [-0.3, -0.25) is 14.5 Å². The number of nitrogens with zero attached hydrogens (tertiary/aromatic N) is 6. The third-order valence-corrected chi connectivity index (χ3v) is 7.73. The fourth-order valence-electron chi connectivity index (χ4n) is 5.44. The molecule has 5 amide bonds. The predicted octanol–water partition coefficient (Wildman–Crippen LogP) is 4.56. The van der Waals surface area contributed by atoms with E-state index < -0.39 is 46.6 Å². The molecule has 2 aromatic rings. The first kappa shape index (κ1) is 29.8. The van der Waals surface area contributed by atoms with Crippen LogP contribution in [0.5, 0.6) is 0 Å². The molecule has 14 heteroatoms. The smallest absolute Gasteiger partial charge is 0.419 e. The topological polar surface area (TPSA) is 127 Å². The summed E-state index contributed by atoms with van der Waals surface area (Å²) < 4.78 is 46.1. The van der Waals surface area contributed by atoms with Gasteiger partial charge in [-0.15, -0.1) is 0 Å². The van der Waals surface area contributed by atoms with E-state index in [1.165, 1.54) is 35.2 Å². The second-order valence-corrected chi connectivity index (χ2v) is 11.6. The average molecular weight is 599 g/mol. The van der Waals surface area contributed by atoms with Gasteiger partial charge in [0.05, 0.1) is 17.4 Å². The van der Waals surface area contributed by atoms with Crippen LogP contribution in [-0.2, 0) is 15.7 Å². The molecule has 1 spiro atoms. The van der Waals surface area contributed by atoms with E-state index in [-0.39, 0.29) is 11.6 Å². The normalized spacial score (nSPS) is 18.5. The van der Waals surface area contributed by atoms with Crippen LogP contribution >= 0.6 is 0 Å². The number of anilines is 2. The maximum atomic E-state index is 13.6. The van der Waals surface area contributed by atoms with E-state index in [1.807, 2.05) is 0 Å². The molecule has 0 N–H and O–H groups in total. The number of piperazine rings is 1. The minimum absolute atomic E-state index is 0.275. The lowest BCUT2D eigenvalue weighted by Crippen LogP contribution is -2.55. The predicted molar refractivity (Wildman–Crippen MR) is 146 cm³/mol. The zero-order valence-corrected chi connectivity index (χ0v) is 23.8. The van der Waals surface area contributed by atoms with Crippen molar-refractivity contribution in [2.24, 2.45) is 0 Å². The summed E-state index contributed by atoms with van der Waals surface area (Å²) in [6.45, 7) is 6.54. The van der Waals surface area contributed by atoms with Crippen molar-refractivity contribution < 1.29 is 37.1 Å². The van der Waals surface area contributed by atoms with E-state index >= 15 is 0 Å². The van der Waals surface area contributed by atoms with Crippen LogP contribution in [0.15, 0.2) is 36.5 Å². The van der Waals surface area contributed by atoms with Gasteiger partial charge in [-0.25, -0.2) is 19.5 Å². The number of halogens is 3. The molecule has 3 aliphatic rings. The number of ether oxygens (including phenoxy) is 1. The zero-order valence-electron chi connectivity index (χ0n) is 23.8. The number of imide groups is 1. The number of benzene rings is 1. The zero-order chi connectivity index (χ0) is 31.3. The van der Waals surface area contributed by atoms with Gasteiger partial charge >= 0.3 is 18.3 Å². The number of aromatic nitrogens is 1. The molecule has 1 saturated carbocycles. The first-order chi connectivity index (χ1) is 20.2. The fraction of sp³-hybridized carbons (Fsp3) is 0.448. The van der Waals surface area contributed by atoms with Crippen LogP contribution in [0.3, 0.4) is 0 Å². The maximum Gasteiger partial charge on any atom is 0.419 e. The third kappa shape index (κ3) is 5.35. The molecule has 226 valence electrons. The van der Waals surface area contributed by atoms with E-state index in [0.717, 1.165) is 6.20 Å². The van der Waals surface area contributed by atoms with Crippen molar-refractivity contribution in [1.82, 2.24) is 14.8 Å². The Morgan fingerprint density at radius 2 is 1.58 bits per heavy atom. The molecule has 43 heavy (non-hydrogen) atoms. The van der Waals surface area contributed by atoms with Gasteiger partial charge in [0.2, 0.25) is 0 Å². The Labute approximate surface area is 245 Å². The number of carbonyl (C=O) groups excluding carboxylic acids is 4. The molecular weight excluding hydrogens is 569 g/mol. The molecule has 1 aromatic heterocycles. The number of rotatable bonds is 3. The van der Waals surface area contributed by atoms with Gasteiger partial charge in [-0.1, -0.05) is 0 Å². The molecule has 3 heterocycles. The number of nitriles is 1. The Morgan fingerprint density at radius 3 is 2.09 bits per heavy atom. The Hall–Kier alpha value is -4.67. The minimum Gasteiger partial charge on any atom is -0.444 e. The molecule has 1 aliphatic carbocycles. The second kappa shape index (κ2) is 10.6. The summed E-state index contributed by atoms with van der Waals surface area (Å²) in [5, 5.41) is 9.06. The summed E-state index contributed by atoms with van der Waals surface area (Å²) in [4.78, 5) is 61.3. The molecule has 0 atom stereocenters. The van der Waals surface area contributed by atoms with Crippen molar-refractivity contribution in [2.75, 3.05) is 36.0 Å². The lowest BCUT2D eigenvalue weighted by Gasteiger charge is -2.42. The van der Waals surface area contributed by atoms with E-state index in [0.29, 0.717) is 67.7 Å². The third-order valence-electron chi connectivity index (χ3n) is 7.73. The quantitative estimate of drug-likeness (QED) is 0.474. The molecule has 2 aliphatic heterocycles. The Morgan fingerprint density at radius 1 is 0.977 bits per heavy atom. The summed E-state index contributed by atoms with van der Waals surface area (Å²) in [6.07, 6.45) is -3.20. The number of alkyl halides is 3. The van der Waals surface area contributed by atoms with Crippen molar-refractivity contribution in [1.29, 1.82) is 5.26 Å². The molecule has 1 aromatic carbocycles. The average Bonchev–Trinajstić information content (AvgIpc) is 3.17. The van der Waals surface area contributed by atoms with Crippen molar-refractivity contribution in [2.45, 2.75) is 57.3 Å². The largest absolute Gasteiger partial charge is 0.444 e. The van der Waals surface area contributed by atoms with Gasteiger partial charge in [0.15, 0.2) is 5.69 Å². The van der Waals surface area contributed by atoms with E-state index in [4.69, 9.17) is 10.00 Å². The Bertz CT molecular complexity index is 1520. The van der Waals surface area contributed by atoms with Crippen molar-refractivity contribution in [3.05, 3.63) is 53.3 Å². The summed E-state index contributed by atoms with van der Waals surface area (Å²) in [5.41, 5.74) is -3.85. The van der Waals surface area contributed by atoms with Crippen molar-refractivity contribution >= 4 is 35.3 Å². The van der Waals surface area contributed by atoms with Crippen LogP contribution in [0, 0.1) is 11.3 Å². The lowest BCUT2D eigenvalue weighted by molar-refractivity contribution is -0.138. The molecule has 0 radical (unpaired) electrons. The minimum atomic E-state index is -4.92. The number of urea groups is 1. The number of hydrogen-bond acceptors (Lipinski definition) is 7. The van der Waals surface area contributed by atoms with Gasteiger partial charge in [0, 0.05) is 37.4 Å². The molecular formula is C29H29F3N6O5. The van der Waals surface area contributed by atoms with E-state index in [9.17, 15) is 32.3 Å². The van der Waals surface area contributed by atoms with E-state index in [1.54, 1.807) is 30.6 Å². The number of carbonyl (C=O) groups is 4.